The highest BCUT2D eigenvalue weighted by molar-refractivity contribution is 5.81. The number of ether oxygens (including phenoxy) is 2. The maximum absolute atomic E-state index is 11.8. The lowest BCUT2D eigenvalue weighted by Gasteiger charge is -2.08. The van der Waals surface area contributed by atoms with Crippen LogP contribution in [0.15, 0.2) is 18.2 Å². The number of Topliss-reactive ketones (excluding diaryl/α,β-unsaturated/α-hetero) is 1. The normalized spacial score (nSPS) is 10.3. The predicted molar refractivity (Wildman–Crippen MR) is 67.6 cm³/mol. The van der Waals surface area contributed by atoms with Crippen LogP contribution in [0.4, 0.5) is 0 Å². The average Bonchev–Trinajstić information content (AvgIpc) is 2.29. The van der Waals surface area contributed by atoms with Crippen molar-refractivity contribution in [1.29, 1.82) is 0 Å². The number of hydrogen-bond donors (Lipinski definition) is 0. The largest absolute Gasteiger partial charge is 0.496 e. The van der Waals surface area contributed by atoms with Gasteiger partial charge in [0.2, 0.25) is 0 Å². The summed E-state index contributed by atoms with van der Waals surface area (Å²) in [5, 5.41) is 0. The zero-order valence-electron chi connectivity index (χ0n) is 10.8. The Kier molecular flexibility index (Phi) is 5.70. The van der Waals surface area contributed by atoms with Crippen LogP contribution >= 0.6 is 0 Å². The van der Waals surface area contributed by atoms with Gasteiger partial charge in [-0.05, 0) is 19.4 Å². The van der Waals surface area contributed by atoms with Crippen molar-refractivity contribution >= 4 is 5.78 Å². The molecule has 0 heterocycles. The van der Waals surface area contributed by atoms with Gasteiger partial charge >= 0.3 is 0 Å². The van der Waals surface area contributed by atoms with Crippen molar-refractivity contribution in [2.45, 2.75) is 26.2 Å². The lowest BCUT2D eigenvalue weighted by atomic mass is 10.0. The van der Waals surface area contributed by atoms with Gasteiger partial charge in [0.15, 0.2) is 0 Å². The zero-order valence-corrected chi connectivity index (χ0v) is 10.8. The average molecular weight is 236 g/mol. The molecule has 0 saturated carbocycles. The first-order valence-corrected chi connectivity index (χ1v) is 5.81. The van der Waals surface area contributed by atoms with Crippen LogP contribution < -0.4 is 4.74 Å². The Morgan fingerprint density at radius 3 is 2.71 bits per heavy atom. The van der Waals surface area contributed by atoms with Gasteiger partial charge in [-0.25, -0.2) is 0 Å². The van der Waals surface area contributed by atoms with E-state index in [-0.39, 0.29) is 5.78 Å². The maximum Gasteiger partial charge on any atom is 0.137 e. The fourth-order valence-corrected chi connectivity index (χ4v) is 1.76. The summed E-state index contributed by atoms with van der Waals surface area (Å²) < 4.78 is 10.2. The van der Waals surface area contributed by atoms with E-state index in [0.29, 0.717) is 19.4 Å². The van der Waals surface area contributed by atoms with E-state index in [0.717, 1.165) is 23.3 Å². The van der Waals surface area contributed by atoms with Gasteiger partial charge in [-0.3, -0.25) is 4.79 Å². The van der Waals surface area contributed by atoms with Crippen LogP contribution in [0.5, 0.6) is 5.75 Å². The van der Waals surface area contributed by atoms with E-state index in [1.807, 2.05) is 25.1 Å². The topological polar surface area (TPSA) is 35.5 Å². The molecule has 0 saturated heterocycles. The summed E-state index contributed by atoms with van der Waals surface area (Å²) in [7, 11) is 3.28. The second-order valence-corrected chi connectivity index (χ2v) is 4.13. The van der Waals surface area contributed by atoms with E-state index in [1.54, 1.807) is 14.2 Å². The molecule has 0 aliphatic rings. The number of ketones is 1. The number of hydrogen-bond acceptors (Lipinski definition) is 3. The van der Waals surface area contributed by atoms with Crippen LogP contribution in [0.3, 0.4) is 0 Å². The van der Waals surface area contributed by atoms with E-state index >= 15 is 0 Å². The van der Waals surface area contributed by atoms with Gasteiger partial charge in [0.25, 0.3) is 0 Å². The number of carbonyl (C=O) groups is 1. The van der Waals surface area contributed by atoms with Gasteiger partial charge in [0, 0.05) is 32.1 Å². The molecule has 0 amide bonds. The Morgan fingerprint density at radius 2 is 2.06 bits per heavy atom. The summed E-state index contributed by atoms with van der Waals surface area (Å²) in [6, 6.07) is 5.90. The molecule has 0 unspecified atom stereocenters. The van der Waals surface area contributed by atoms with Crippen LogP contribution in [-0.2, 0) is 16.0 Å². The van der Waals surface area contributed by atoms with Crippen molar-refractivity contribution in [1.82, 2.24) is 0 Å². The van der Waals surface area contributed by atoms with Gasteiger partial charge in [-0.2, -0.15) is 0 Å². The number of benzene rings is 1. The van der Waals surface area contributed by atoms with E-state index < -0.39 is 0 Å². The molecule has 1 aromatic carbocycles. The third-order valence-corrected chi connectivity index (χ3v) is 2.63. The van der Waals surface area contributed by atoms with Crippen molar-refractivity contribution in [3.05, 3.63) is 29.3 Å². The Balaban J connectivity index is 2.60. The van der Waals surface area contributed by atoms with Crippen molar-refractivity contribution in [3.63, 3.8) is 0 Å². The molecule has 1 aromatic rings. The minimum absolute atomic E-state index is 0.228. The summed E-state index contributed by atoms with van der Waals surface area (Å²) in [5.74, 6) is 1.02. The van der Waals surface area contributed by atoms with Crippen LogP contribution in [-0.4, -0.2) is 26.6 Å². The molecule has 17 heavy (non-hydrogen) atoms. The molecule has 94 valence electrons. The molecular formula is C14H20O3. The highest BCUT2D eigenvalue weighted by Gasteiger charge is 2.08. The summed E-state index contributed by atoms with van der Waals surface area (Å²) in [6.45, 7) is 2.65. The van der Waals surface area contributed by atoms with E-state index in [4.69, 9.17) is 9.47 Å². The molecule has 0 fully saturated rings. The molecule has 0 aliphatic heterocycles. The van der Waals surface area contributed by atoms with Gasteiger partial charge < -0.3 is 9.47 Å². The molecule has 3 heteroatoms. The van der Waals surface area contributed by atoms with Crippen molar-refractivity contribution < 1.29 is 14.3 Å². The maximum atomic E-state index is 11.8. The monoisotopic (exact) mass is 236 g/mol. The minimum atomic E-state index is 0.228. The molecule has 1 rings (SSSR count). The van der Waals surface area contributed by atoms with Crippen LogP contribution in [0.2, 0.25) is 0 Å². The van der Waals surface area contributed by atoms with Gasteiger partial charge in [0.1, 0.15) is 11.5 Å². The molecule has 0 spiro atoms. The van der Waals surface area contributed by atoms with Crippen molar-refractivity contribution in [2.24, 2.45) is 0 Å². The second kappa shape index (κ2) is 7.07. The third-order valence-electron chi connectivity index (χ3n) is 2.63. The highest BCUT2D eigenvalue weighted by atomic mass is 16.5. The Bertz CT molecular complexity index is 372. The van der Waals surface area contributed by atoms with E-state index in [2.05, 4.69) is 0 Å². The minimum Gasteiger partial charge on any atom is -0.496 e. The van der Waals surface area contributed by atoms with Crippen LogP contribution in [0.25, 0.3) is 0 Å². The standard InChI is InChI=1S/C14H20O3/c1-11-6-7-14(17-3)12(9-11)10-13(15)5-4-8-16-2/h6-7,9H,4-5,8,10H2,1-3H3. The molecule has 0 bridgehead atoms. The molecule has 0 radical (unpaired) electrons. The first-order chi connectivity index (χ1) is 8.17. The Hall–Kier alpha value is -1.35. The number of carbonyl (C=O) groups excluding carboxylic acids is 1. The molecular weight excluding hydrogens is 216 g/mol. The highest BCUT2D eigenvalue weighted by Crippen LogP contribution is 2.20. The fourth-order valence-electron chi connectivity index (χ4n) is 1.76. The summed E-state index contributed by atoms with van der Waals surface area (Å²) in [4.78, 5) is 11.8. The summed E-state index contributed by atoms with van der Waals surface area (Å²) >= 11 is 0. The quantitative estimate of drug-likeness (QED) is 0.682. The molecule has 0 atom stereocenters. The SMILES string of the molecule is COCCCC(=O)Cc1cc(C)ccc1OC. The summed E-state index contributed by atoms with van der Waals surface area (Å²) in [6.07, 6.45) is 1.78. The fraction of sp³-hybridized carbons (Fsp3) is 0.500. The lowest BCUT2D eigenvalue weighted by Crippen LogP contribution is -2.05. The molecule has 0 aliphatic carbocycles. The Morgan fingerprint density at radius 1 is 1.29 bits per heavy atom. The first-order valence-electron chi connectivity index (χ1n) is 5.81. The summed E-state index contributed by atoms with van der Waals surface area (Å²) in [5.41, 5.74) is 2.11. The molecule has 0 N–H and O–H groups in total. The third kappa shape index (κ3) is 4.57. The number of aryl methyl sites for hydroxylation is 1. The van der Waals surface area contributed by atoms with Gasteiger partial charge in [-0.15, -0.1) is 0 Å². The zero-order chi connectivity index (χ0) is 12.7. The second-order valence-electron chi connectivity index (χ2n) is 4.13. The number of rotatable bonds is 7. The lowest BCUT2D eigenvalue weighted by molar-refractivity contribution is -0.118. The number of methoxy groups -OCH3 is 2. The van der Waals surface area contributed by atoms with Gasteiger partial charge in [-0.1, -0.05) is 17.7 Å². The van der Waals surface area contributed by atoms with Crippen LogP contribution in [0, 0.1) is 6.92 Å². The molecule has 0 aromatic heterocycles. The first kappa shape index (κ1) is 13.7. The van der Waals surface area contributed by atoms with Crippen molar-refractivity contribution in [3.8, 4) is 5.75 Å². The van der Waals surface area contributed by atoms with E-state index in [1.165, 1.54) is 0 Å². The van der Waals surface area contributed by atoms with Crippen LogP contribution in [0.1, 0.15) is 24.0 Å². The van der Waals surface area contributed by atoms with Gasteiger partial charge in [0.05, 0.1) is 7.11 Å². The molecule has 3 nitrogen and oxygen atoms in total. The van der Waals surface area contributed by atoms with E-state index in [9.17, 15) is 4.79 Å². The predicted octanol–water partition coefficient (Wildman–Crippen LogP) is 2.54. The Labute approximate surface area is 103 Å². The smallest absolute Gasteiger partial charge is 0.137 e. The van der Waals surface area contributed by atoms with Crippen molar-refractivity contribution in [2.75, 3.05) is 20.8 Å².